The second kappa shape index (κ2) is 6.84. The molecule has 5 heteroatoms. The van der Waals surface area contributed by atoms with Crippen LogP contribution in [0.3, 0.4) is 0 Å². The van der Waals surface area contributed by atoms with Crippen molar-refractivity contribution in [1.82, 2.24) is 4.90 Å². The molecule has 1 aromatic rings. The van der Waals surface area contributed by atoms with Crippen LogP contribution in [0.25, 0.3) is 0 Å². The van der Waals surface area contributed by atoms with Gasteiger partial charge in [-0.1, -0.05) is 0 Å². The van der Waals surface area contributed by atoms with Gasteiger partial charge in [0.25, 0.3) is 5.91 Å². The Morgan fingerprint density at radius 2 is 1.85 bits per heavy atom. The second-order valence-corrected chi connectivity index (χ2v) is 5.25. The predicted molar refractivity (Wildman–Crippen MR) is 78.9 cm³/mol. The summed E-state index contributed by atoms with van der Waals surface area (Å²) in [6.07, 6.45) is 3.30. The van der Waals surface area contributed by atoms with Gasteiger partial charge in [0.05, 0.1) is 14.2 Å². The molecule has 0 N–H and O–H groups in total. The lowest BCUT2D eigenvalue weighted by Crippen LogP contribution is -2.45. The number of rotatable bonds is 6. The highest BCUT2D eigenvalue weighted by molar-refractivity contribution is 6.18. The molecule has 0 aromatic heterocycles. The summed E-state index contributed by atoms with van der Waals surface area (Å²) >= 11 is 5.83. The number of halogens is 1. The summed E-state index contributed by atoms with van der Waals surface area (Å²) in [7, 11) is 3.15. The Morgan fingerprint density at radius 3 is 2.25 bits per heavy atom. The zero-order chi connectivity index (χ0) is 14.5. The van der Waals surface area contributed by atoms with Crippen molar-refractivity contribution in [2.75, 3.05) is 26.6 Å². The van der Waals surface area contributed by atoms with Crippen LogP contribution in [0.4, 0.5) is 0 Å². The highest BCUT2D eigenvalue weighted by Crippen LogP contribution is 2.28. The predicted octanol–water partition coefficient (Wildman–Crippen LogP) is 2.94. The van der Waals surface area contributed by atoms with Gasteiger partial charge in [-0.25, -0.2) is 0 Å². The molecule has 0 bridgehead atoms. The van der Waals surface area contributed by atoms with E-state index in [0.717, 1.165) is 12.8 Å². The van der Waals surface area contributed by atoms with Crippen molar-refractivity contribution in [2.45, 2.75) is 25.3 Å². The highest BCUT2D eigenvalue weighted by atomic mass is 35.5. The number of alkyl halides is 1. The van der Waals surface area contributed by atoms with Crippen LogP contribution in [0.15, 0.2) is 18.2 Å². The SMILES string of the molecule is COc1cc(OC)cc(C(=O)N(CCCl)C2CCC2)c1. The number of hydrogen-bond donors (Lipinski definition) is 0. The summed E-state index contributed by atoms with van der Waals surface area (Å²) in [5, 5.41) is 0. The summed E-state index contributed by atoms with van der Waals surface area (Å²) in [6, 6.07) is 5.56. The molecule has 4 nitrogen and oxygen atoms in total. The number of nitrogens with zero attached hydrogens (tertiary/aromatic N) is 1. The van der Waals surface area contributed by atoms with Gasteiger partial charge in [0, 0.05) is 30.1 Å². The van der Waals surface area contributed by atoms with Gasteiger partial charge in [0.15, 0.2) is 0 Å². The van der Waals surface area contributed by atoms with E-state index in [-0.39, 0.29) is 5.91 Å². The molecule has 1 aliphatic rings. The van der Waals surface area contributed by atoms with Crippen molar-refractivity contribution in [3.05, 3.63) is 23.8 Å². The molecule has 0 radical (unpaired) electrons. The third kappa shape index (κ3) is 3.18. The maximum absolute atomic E-state index is 12.7. The van der Waals surface area contributed by atoms with Crippen LogP contribution in [0.1, 0.15) is 29.6 Å². The van der Waals surface area contributed by atoms with Crippen molar-refractivity contribution in [3.8, 4) is 11.5 Å². The quantitative estimate of drug-likeness (QED) is 0.758. The maximum Gasteiger partial charge on any atom is 0.254 e. The van der Waals surface area contributed by atoms with Crippen molar-refractivity contribution < 1.29 is 14.3 Å². The number of carbonyl (C=O) groups is 1. The molecule has 0 heterocycles. The number of ether oxygens (including phenoxy) is 2. The van der Waals surface area contributed by atoms with Gasteiger partial charge in [-0.3, -0.25) is 4.79 Å². The van der Waals surface area contributed by atoms with Gasteiger partial charge < -0.3 is 14.4 Å². The molecule has 1 fully saturated rings. The average molecular weight is 298 g/mol. The molecule has 0 aliphatic heterocycles. The molecule has 0 saturated heterocycles. The standard InChI is InChI=1S/C15H20ClNO3/c1-19-13-8-11(9-14(10-13)20-2)15(18)17(7-6-16)12-4-3-5-12/h8-10,12H,3-7H2,1-2H3. The number of carbonyl (C=O) groups excluding carboxylic acids is 1. The molecular weight excluding hydrogens is 278 g/mol. The van der Waals surface area contributed by atoms with E-state index in [2.05, 4.69) is 0 Å². The topological polar surface area (TPSA) is 38.8 Å². The summed E-state index contributed by atoms with van der Waals surface area (Å²) in [6.45, 7) is 0.574. The molecule has 1 aliphatic carbocycles. The number of methoxy groups -OCH3 is 2. The minimum atomic E-state index is -0.00690. The Labute approximate surface area is 124 Å². The zero-order valence-corrected chi connectivity index (χ0v) is 12.7. The van der Waals surface area contributed by atoms with E-state index in [1.807, 2.05) is 4.90 Å². The van der Waals surface area contributed by atoms with Crippen molar-refractivity contribution >= 4 is 17.5 Å². The first kappa shape index (κ1) is 15.0. The Morgan fingerprint density at radius 1 is 1.25 bits per heavy atom. The smallest absolute Gasteiger partial charge is 0.254 e. The molecule has 1 saturated carbocycles. The van der Waals surface area contributed by atoms with E-state index in [4.69, 9.17) is 21.1 Å². The third-order valence-corrected chi connectivity index (χ3v) is 3.87. The van der Waals surface area contributed by atoms with Gasteiger partial charge in [0.1, 0.15) is 11.5 Å². The van der Waals surface area contributed by atoms with E-state index in [1.165, 1.54) is 6.42 Å². The van der Waals surface area contributed by atoms with Gasteiger partial charge in [0.2, 0.25) is 0 Å². The molecular formula is C15H20ClNO3. The van der Waals surface area contributed by atoms with Crippen LogP contribution in [-0.2, 0) is 0 Å². The van der Waals surface area contributed by atoms with Crippen LogP contribution < -0.4 is 9.47 Å². The van der Waals surface area contributed by atoms with Crippen LogP contribution in [0, 0.1) is 0 Å². The molecule has 0 atom stereocenters. The summed E-state index contributed by atoms with van der Waals surface area (Å²) in [4.78, 5) is 14.5. The average Bonchev–Trinajstić information content (AvgIpc) is 2.43. The Hall–Kier alpha value is -1.42. The summed E-state index contributed by atoms with van der Waals surface area (Å²) < 4.78 is 10.4. The van der Waals surface area contributed by atoms with Crippen LogP contribution >= 0.6 is 11.6 Å². The van der Waals surface area contributed by atoms with Crippen molar-refractivity contribution in [2.24, 2.45) is 0 Å². The summed E-state index contributed by atoms with van der Waals surface area (Å²) in [5.74, 6) is 1.68. The Balaban J connectivity index is 2.25. The fourth-order valence-corrected chi connectivity index (χ4v) is 2.52. The molecule has 1 aromatic carbocycles. The van der Waals surface area contributed by atoms with Gasteiger partial charge >= 0.3 is 0 Å². The van der Waals surface area contributed by atoms with Crippen molar-refractivity contribution in [3.63, 3.8) is 0 Å². The molecule has 110 valence electrons. The first-order chi connectivity index (χ1) is 9.69. The monoisotopic (exact) mass is 297 g/mol. The van der Waals surface area contributed by atoms with Crippen LogP contribution in [0.2, 0.25) is 0 Å². The Kier molecular flexibility index (Phi) is 5.12. The lowest BCUT2D eigenvalue weighted by atomic mass is 9.91. The number of benzene rings is 1. The van der Waals surface area contributed by atoms with Crippen LogP contribution in [0.5, 0.6) is 11.5 Å². The first-order valence-corrected chi connectivity index (χ1v) is 7.33. The van der Waals surface area contributed by atoms with Gasteiger partial charge in [-0.15, -0.1) is 11.6 Å². The van der Waals surface area contributed by atoms with E-state index < -0.39 is 0 Å². The minimum Gasteiger partial charge on any atom is -0.497 e. The largest absolute Gasteiger partial charge is 0.497 e. The van der Waals surface area contributed by atoms with Crippen molar-refractivity contribution in [1.29, 1.82) is 0 Å². The fraction of sp³-hybridized carbons (Fsp3) is 0.533. The van der Waals surface area contributed by atoms with E-state index >= 15 is 0 Å². The number of amides is 1. The minimum absolute atomic E-state index is 0.00690. The van der Waals surface area contributed by atoms with Gasteiger partial charge in [-0.2, -0.15) is 0 Å². The van der Waals surface area contributed by atoms with E-state index in [1.54, 1.807) is 32.4 Å². The molecule has 2 rings (SSSR count). The van der Waals surface area contributed by atoms with E-state index in [9.17, 15) is 4.79 Å². The summed E-state index contributed by atoms with van der Waals surface area (Å²) in [5.41, 5.74) is 0.582. The fourth-order valence-electron chi connectivity index (χ4n) is 2.34. The van der Waals surface area contributed by atoms with Gasteiger partial charge in [-0.05, 0) is 31.4 Å². The molecule has 1 amide bonds. The third-order valence-electron chi connectivity index (χ3n) is 3.70. The zero-order valence-electron chi connectivity index (χ0n) is 11.9. The van der Waals surface area contributed by atoms with E-state index in [0.29, 0.717) is 35.5 Å². The normalized spacial score (nSPS) is 14.6. The lowest BCUT2D eigenvalue weighted by Gasteiger charge is -2.37. The molecule has 0 spiro atoms. The maximum atomic E-state index is 12.7. The first-order valence-electron chi connectivity index (χ1n) is 6.79. The molecule has 0 unspecified atom stereocenters. The molecule has 20 heavy (non-hydrogen) atoms. The second-order valence-electron chi connectivity index (χ2n) is 4.87. The number of hydrogen-bond acceptors (Lipinski definition) is 3. The Bertz CT molecular complexity index is 452. The highest BCUT2D eigenvalue weighted by Gasteiger charge is 2.29. The lowest BCUT2D eigenvalue weighted by molar-refractivity contribution is 0.0597. The van der Waals surface area contributed by atoms with Crippen LogP contribution in [-0.4, -0.2) is 43.5 Å².